The molecular weight excluding hydrogens is 307 g/mol. The van der Waals surface area contributed by atoms with Crippen molar-refractivity contribution >= 4 is 39.2 Å². The van der Waals surface area contributed by atoms with Gasteiger partial charge in [0.2, 0.25) is 0 Å². The molecule has 15 heavy (non-hydrogen) atoms. The van der Waals surface area contributed by atoms with Gasteiger partial charge in [-0.25, -0.2) is 0 Å². The number of nitrogens with zero attached hydrogens (tertiary/aromatic N) is 2. The molecule has 0 aliphatic carbocycles. The summed E-state index contributed by atoms with van der Waals surface area (Å²) in [4.78, 5) is 10.3. The second-order valence-corrected chi connectivity index (χ2v) is 4.38. The van der Waals surface area contributed by atoms with Crippen LogP contribution in [0.3, 0.4) is 0 Å². The summed E-state index contributed by atoms with van der Waals surface area (Å²) in [6.45, 7) is 2.84. The van der Waals surface area contributed by atoms with Crippen LogP contribution in [0.5, 0.6) is 0 Å². The molecule has 0 N–H and O–H groups in total. The second kappa shape index (κ2) is 3.80. The first-order chi connectivity index (χ1) is 7.13. The molecule has 0 fully saturated rings. The maximum Gasteiger partial charge on any atom is 0.271 e. The lowest BCUT2D eigenvalue weighted by Crippen LogP contribution is -1.92. The Morgan fingerprint density at radius 2 is 2.27 bits per heavy atom. The van der Waals surface area contributed by atoms with Crippen LogP contribution in [0.2, 0.25) is 0 Å². The van der Waals surface area contributed by atoms with E-state index >= 15 is 0 Å². The van der Waals surface area contributed by atoms with E-state index in [0.29, 0.717) is 0 Å². The fourth-order valence-corrected chi connectivity index (χ4v) is 2.40. The quantitative estimate of drug-likeness (QED) is 0.485. The SMILES string of the molecule is CCn1cc(I)c2ccc([N+](=O)[O-])cc21. The highest BCUT2D eigenvalue weighted by molar-refractivity contribution is 14.1. The number of aromatic nitrogens is 1. The van der Waals surface area contributed by atoms with Crippen molar-refractivity contribution in [3.05, 3.63) is 38.1 Å². The van der Waals surface area contributed by atoms with Gasteiger partial charge in [0.05, 0.1) is 10.4 Å². The zero-order chi connectivity index (χ0) is 11.0. The van der Waals surface area contributed by atoms with Crippen molar-refractivity contribution in [3.63, 3.8) is 0 Å². The highest BCUT2D eigenvalue weighted by Crippen LogP contribution is 2.26. The number of hydrogen-bond acceptors (Lipinski definition) is 2. The molecule has 4 nitrogen and oxygen atoms in total. The number of fused-ring (bicyclic) bond motifs is 1. The molecule has 2 aromatic rings. The molecule has 0 radical (unpaired) electrons. The first-order valence-electron chi connectivity index (χ1n) is 4.56. The molecule has 0 spiro atoms. The molecule has 0 saturated heterocycles. The van der Waals surface area contributed by atoms with E-state index in [1.165, 1.54) is 0 Å². The van der Waals surface area contributed by atoms with Gasteiger partial charge in [0.15, 0.2) is 0 Å². The maximum absolute atomic E-state index is 10.6. The Morgan fingerprint density at radius 1 is 1.53 bits per heavy atom. The summed E-state index contributed by atoms with van der Waals surface area (Å²) in [5, 5.41) is 11.7. The van der Waals surface area contributed by atoms with Gasteiger partial charge in [0.25, 0.3) is 5.69 Å². The molecule has 2 rings (SSSR count). The summed E-state index contributed by atoms with van der Waals surface area (Å²) in [6, 6.07) is 4.98. The monoisotopic (exact) mass is 316 g/mol. The van der Waals surface area contributed by atoms with Gasteiger partial charge >= 0.3 is 0 Å². The minimum Gasteiger partial charge on any atom is -0.346 e. The van der Waals surface area contributed by atoms with Gasteiger partial charge in [-0.15, -0.1) is 0 Å². The van der Waals surface area contributed by atoms with E-state index in [2.05, 4.69) is 22.6 Å². The molecule has 0 saturated carbocycles. The van der Waals surface area contributed by atoms with Crippen LogP contribution in [0.25, 0.3) is 10.9 Å². The van der Waals surface area contributed by atoms with Gasteiger partial charge in [-0.1, -0.05) is 0 Å². The van der Waals surface area contributed by atoms with Crippen LogP contribution < -0.4 is 0 Å². The van der Waals surface area contributed by atoms with Crippen LogP contribution in [0.15, 0.2) is 24.4 Å². The first kappa shape index (κ1) is 10.4. The fraction of sp³-hybridized carbons (Fsp3) is 0.200. The average Bonchev–Trinajstić information content (AvgIpc) is 2.55. The number of non-ortho nitro benzene ring substituents is 1. The van der Waals surface area contributed by atoms with E-state index < -0.39 is 0 Å². The minimum atomic E-state index is -0.362. The standard InChI is InChI=1S/C10H9IN2O2/c1-2-12-6-9(11)8-4-3-7(13(14)15)5-10(8)12/h3-6H,2H2,1H3. The molecule has 0 unspecified atom stereocenters. The van der Waals surface area contributed by atoms with Crippen LogP contribution >= 0.6 is 22.6 Å². The lowest BCUT2D eigenvalue weighted by atomic mass is 10.2. The fourth-order valence-electron chi connectivity index (χ4n) is 1.61. The van der Waals surface area contributed by atoms with Crippen LogP contribution in [-0.2, 0) is 6.54 Å². The van der Waals surface area contributed by atoms with E-state index in [4.69, 9.17) is 0 Å². The van der Waals surface area contributed by atoms with Crippen molar-refractivity contribution in [1.82, 2.24) is 4.57 Å². The molecule has 0 aliphatic heterocycles. The number of hydrogen-bond donors (Lipinski definition) is 0. The molecular formula is C10H9IN2O2. The summed E-state index contributed by atoms with van der Waals surface area (Å²) < 4.78 is 3.14. The van der Waals surface area contributed by atoms with Crippen LogP contribution in [0.4, 0.5) is 5.69 Å². The number of aryl methyl sites for hydroxylation is 1. The van der Waals surface area contributed by atoms with Crippen LogP contribution in [-0.4, -0.2) is 9.49 Å². The third-order valence-corrected chi connectivity index (χ3v) is 3.23. The van der Waals surface area contributed by atoms with Gasteiger partial charge in [0.1, 0.15) is 0 Å². The van der Waals surface area contributed by atoms with Crippen molar-refractivity contribution in [2.75, 3.05) is 0 Å². The number of nitro benzene ring substituents is 1. The second-order valence-electron chi connectivity index (χ2n) is 3.22. The Morgan fingerprint density at radius 3 is 2.87 bits per heavy atom. The van der Waals surface area contributed by atoms with Crippen LogP contribution in [0, 0.1) is 13.7 Å². The lowest BCUT2D eigenvalue weighted by Gasteiger charge is -1.99. The zero-order valence-corrected chi connectivity index (χ0v) is 10.3. The molecule has 0 atom stereocenters. The molecule has 78 valence electrons. The highest BCUT2D eigenvalue weighted by Gasteiger charge is 2.11. The Kier molecular flexibility index (Phi) is 2.64. The largest absolute Gasteiger partial charge is 0.346 e. The highest BCUT2D eigenvalue weighted by atomic mass is 127. The van der Waals surface area contributed by atoms with E-state index in [-0.39, 0.29) is 10.6 Å². The Balaban J connectivity index is 2.73. The Labute approximate surface area is 100 Å². The predicted molar refractivity (Wildman–Crippen MR) is 67.0 cm³/mol. The average molecular weight is 316 g/mol. The maximum atomic E-state index is 10.6. The zero-order valence-electron chi connectivity index (χ0n) is 8.11. The van der Waals surface area contributed by atoms with E-state index in [1.807, 2.05) is 17.7 Å². The molecule has 1 aromatic heterocycles. The van der Waals surface area contributed by atoms with Gasteiger partial charge in [-0.3, -0.25) is 10.1 Å². The Hall–Kier alpha value is -1.11. The summed E-state index contributed by atoms with van der Waals surface area (Å²) in [7, 11) is 0. The minimum absolute atomic E-state index is 0.145. The van der Waals surface area contributed by atoms with E-state index in [0.717, 1.165) is 21.0 Å². The topological polar surface area (TPSA) is 48.1 Å². The number of nitro groups is 1. The van der Waals surface area contributed by atoms with Crippen molar-refractivity contribution in [2.24, 2.45) is 0 Å². The third kappa shape index (κ3) is 1.71. The summed E-state index contributed by atoms with van der Waals surface area (Å²) in [5.74, 6) is 0. The summed E-state index contributed by atoms with van der Waals surface area (Å²) >= 11 is 2.24. The molecule has 0 amide bonds. The predicted octanol–water partition coefficient (Wildman–Crippen LogP) is 3.17. The van der Waals surface area contributed by atoms with E-state index in [9.17, 15) is 10.1 Å². The number of halogens is 1. The van der Waals surface area contributed by atoms with Crippen molar-refractivity contribution in [2.45, 2.75) is 13.5 Å². The van der Waals surface area contributed by atoms with Gasteiger partial charge in [-0.05, 0) is 35.6 Å². The summed E-state index contributed by atoms with van der Waals surface area (Å²) in [6.07, 6.45) is 2.01. The van der Waals surface area contributed by atoms with Crippen LogP contribution in [0.1, 0.15) is 6.92 Å². The number of rotatable bonds is 2. The van der Waals surface area contributed by atoms with E-state index in [1.54, 1.807) is 18.2 Å². The van der Waals surface area contributed by atoms with Gasteiger partial charge < -0.3 is 4.57 Å². The molecule has 5 heteroatoms. The molecule has 0 bridgehead atoms. The first-order valence-corrected chi connectivity index (χ1v) is 5.64. The van der Waals surface area contributed by atoms with Gasteiger partial charge in [-0.2, -0.15) is 0 Å². The Bertz CT molecular complexity index is 533. The van der Waals surface area contributed by atoms with Crippen molar-refractivity contribution in [1.29, 1.82) is 0 Å². The normalized spacial score (nSPS) is 10.8. The molecule has 1 heterocycles. The molecule has 0 aliphatic rings. The molecule has 1 aromatic carbocycles. The van der Waals surface area contributed by atoms with Gasteiger partial charge in [0, 0.05) is 33.8 Å². The van der Waals surface area contributed by atoms with Crippen molar-refractivity contribution in [3.8, 4) is 0 Å². The number of benzene rings is 1. The van der Waals surface area contributed by atoms with Crippen molar-refractivity contribution < 1.29 is 4.92 Å². The smallest absolute Gasteiger partial charge is 0.271 e. The summed E-state index contributed by atoms with van der Waals surface area (Å²) in [5.41, 5.74) is 1.07. The lowest BCUT2D eigenvalue weighted by molar-refractivity contribution is -0.384. The third-order valence-electron chi connectivity index (χ3n) is 2.37.